The zero-order chi connectivity index (χ0) is 18.6. The number of nitrogens with one attached hydrogen (secondary N) is 1. The number of amides is 1. The van der Waals surface area contributed by atoms with Gasteiger partial charge in [-0.15, -0.1) is 0 Å². The quantitative estimate of drug-likeness (QED) is 0.649. The zero-order valence-electron chi connectivity index (χ0n) is 15.1. The fourth-order valence-corrected chi connectivity index (χ4v) is 3.46. The Morgan fingerprint density at radius 2 is 2.08 bits per heavy atom. The summed E-state index contributed by atoms with van der Waals surface area (Å²) in [6.45, 7) is 6.49. The summed E-state index contributed by atoms with van der Waals surface area (Å²) in [5.74, 6) is 0.728. The van der Waals surface area contributed by atoms with Gasteiger partial charge in [-0.1, -0.05) is 15.9 Å². The van der Waals surface area contributed by atoms with Gasteiger partial charge in [0.25, 0.3) is 0 Å². The first kappa shape index (κ1) is 17.1. The summed E-state index contributed by atoms with van der Waals surface area (Å²) >= 11 is 3.50. The van der Waals surface area contributed by atoms with Gasteiger partial charge in [-0.2, -0.15) is 5.10 Å². The lowest BCUT2D eigenvalue weighted by Crippen LogP contribution is -2.33. The minimum absolute atomic E-state index is 0.321. The molecule has 0 radical (unpaired) electrons. The maximum absolute atomic E-state index is 12.2. The number of hydrogen-bond donors (Lipinski definition) is 1. The summed E-state index contributed by atoms with van der Waals surface area (Å²) in [6, 6.07) is 6.06. The molecule has 3 heterocycles. The number of ether oxygens (including phenoxy) is 1. The SMILES string of the molecule is Cn1nc(-c2nc3c([nH]2)CN(C(=O)OC(C)(C)C)C3)c2ccc(Br)cc21. The van der Waals surface area contributed by atoms with Crippen molar-refractivity contribution in [3.63, 3.8) is 0 Å². The highest BCUT2D eigenvalue weighted by molar-refractivity contribution is 9.10. The van der Waals surface area contributed by atoms with Crippen LogP contribution in [0, 0.1) is 0 Å². The van der Waals surface area contributed by atoms with Gasteiger partial charge < -0.3 is 9.72 Å². The van der Waals surface area contributed by atoms with Crippen molar-refractivity contribution in [3.8, 4) is 11.5 Å². The normalized spacial score (nSPS) is 14.1. The van der Waals surface area contributed by atoms with Crippen LogP contribution in [0.25, 0.3) is 22.4 Å². The van der Waals surface area contributed by atoms with E-state index in [-0.39, 0.29) is 6.09 Å². The molecule has 0 saturated heterocycles. The molecular weight excluding hydrogens is 398 g/mol. The van der Waals surface area contributed by atoms with Crippen molar-refractivity contribution < 1.29 is 9.53 Å². The van der Waals surface area contributed by atoms with Gasteiger partial charge in [-0.25, -0.2) is 9.78 Å². The van der Waals surface area contributed by atoms with Crippen LogP contribution in [0.3, 0.4) is 0 Å². The molecule has 4 rings (SSSR count). The second kappa shape index (κ2) is 5.84. The first-order valence-corrected chi connectivity index (χ1v) is 9.19. The van der Waals surface area contributed by atoms with Gasteiger partial charge in [0.05, 0.1) is 30.0 Å². The molecule has 26 heavy (non-hydrogen) atoms. The van der Waals surface area contributed by atoms with Gasteiger partial charge in [-0.05, 0) is 39.0 Å². The molecule has 0 spiro atoms. The van der Waals surface area contributed by atoms with Crippen molar-refractivity contribution in [1.82, 2.24) is 24.6 Å². The third-order valence-corrected chi connectivity index (χ3v) is 4.74. The molecule has 1 aliphatic heterocycles. The molecular formula is C18H20BrN5O2. The van der Waals surface area contributed by atoms with Crippen molar-refractivity contribution in [1.29, 1.82) is 0 Å². The van der Waals surface area contributed by atoms with Crippen LogP contribution >= 0.6 is 15.9 Å². The van der Waals surface area contributed by atoms with Crippen LogP contribution in [0.15, 0.2) is 22.7 Å². The number of carbonyl (C=O) groups is 1. The van der Waals surface area contributed by atoms with Crippen LogP contribution in [0.2, 0.25) is 0 Å². The Morgan fingerprint density at radius 3 is 2.77 bits per heavy atom. The van der Waals surface area contributed by atoms with Crippen molar-refractivity contribution in [2.45, 2.75) is 39.5 Å². The third kappa shape index (κ3) is 2.98. The van der Waals surface area contributed by atoms with Gasteiger partial charge >= 0.3 is 6.09 Å². The highest BCUT2D eigenvalue weighted by Gasteiger charge is 2.31. The Bertz CT molecular complexity index is 991. The molecule has 8 heteroatoms. The standard InChI is InChI=1S/C18H20BrN5O2/c1-18(2,3)26-17(25)24-8-12-13(9-24)21-16(20-12)15-11-6-5-10(19)7-14(11)23(4)22-15/h5-7H,8-9H2,1-4H3,(H,20,21). The molecule has 1 amide bonds. The summed E-state index contributed by atoms with van der Waals surface area (Å²) in [5, 5.41) is 5.65. The van der Waals surface area contributed by atoms with Gasteiger partial charge in [0.2, 0.25) is 0 Å². The lowest BCUT2D eigenvalue weighted by Gasteiger charge is -2.24. The molecule has 1 aromatic carbocycles. The second-order valence-electron chi connectivity index (χ2n) is 7.48. The molecule has 136 valence electrons. The van der Waals surface area contributed by atoms with Crippen LogP contribution in [0.4, 0.5) is 4.79 Å². The topological polar surface area (TPSA) is 76.0 Å². The lowest BCUT2D eigenvalue weighted by molar-refractivity contribution is 0.0239. The number of aryl methyl sites for hydroxylation is 1. The first-order valence-electron chi connectivity index (χ1n) is 8.39. The number of hydrogen-bond acceptors (Lipinski definition) is 4. The van der Waals surface area contributed by atoms with E-state index in [1.807, 2.05) is 50.7 Å². The highest BCUT2D eigenvalue weighted by atomic mass is 79.9. The number of aromatic amines is 1. The maximum atomic E-state index is 12.2. The largest absolute Gasteiger partial charge is 0.444 e. The fourth-order valence-electron chi connectivity index (χ4n) is 3.11. The van der Waals surface area contributed by atoms with Crippen LogP contribution in [-0.4, -0.2) is 36.3 Å². The van der Waals surface area contributed by atoms with E-state index in [1.54, 1.807) is 4.90 Å². The summed E-state index contributed by atoms with van der Waals surface area (Å²) in [4.78, 5) is 21.9. The Labute approximate surface area is 159 Å². The predicted molar refractivity (Wildman–Crippen MR) is 101 cm³/mol. The van der Waals surface area contributed by atoms with E-state index in [9.17, 15) is 4.79 Å². The van der Waals surface area contributed by atoms with E-state index in [0.717, 1.165) is 38.3 Å². The third-order valence-electron chi connectivity index (χ3n) is 4.24. The number of H-pyrrole nitrogens is 1. The van der Waals surface area contributed by atoms with E-state index < -0.39 is 5.60 Å². The monoisotopic (exact) mass is 417 g/mol. The Hall–Kier alpha value is -2.35. The molecule has 0 fully saturated rings. The molecule has 2 aromatic heterocycles. The first-order chi connectivity index (χ1) is 12.2. The summed E-state index contributed by atoms with van der Waals surface area (Å²) in [7, 11) is 1.92. The number of carbonyl (C=O) groups excluding carboxylic acids is 1. The van der Waals surface area contributed by atoms with E-state index in [1.165, 1.54) is 0 Å². The van der Waals surface area contributed by atoms with E-state index in [0.29, 0.717) is 13.1 Å². The molecule has 0 bridgehead atoms. The summed E-state index contributed by atoms with van der Waals surface area (Å²) in [6.07, 6.45) is -0.321. The maximum Gasteiger partial charge on any atom is 0.410 e. The Balaban J connectivity index is 1.61. The highest BCUT2D eigenvalue weighted by Crippen LogP contribution is 2.31. The van der Waals surface area contributed by atoms with Crippen LogP contribution in [0.5, 0.6) is 0 Å². The minimum Gasteiger partial charge on any atom is -0.444 e. The Morgan fingerprint density at radius 1 is 1.31 bits per heavy atom. The zero-order valence-corrected chi connectivity index (χ0v) is 16.7. The number of benzene rings is 1. The van der Waals surface area contributed by atoms with E-state index in [4.69, 9.17) is 4.74 Å². The second-order valence-corrected chi connectivity index (χ2v) is 8.40. The van der Waals surface area contributed by atoms with E-state index >= 15 is 0 Å². The van der Waals surface area contributed by atoms with Crippen LogP contribution in [-0.2, 0) is 24.9 Å². The van der Waals surface area contributed by atoms with E-state index in [2.05, 4.69) is 31.0 Å². The van der Waals surface area contributed by atoms with Crippen molar-refractivity contribution >= 4 is 32.9 Å². The minimum atomic E-state index is -0.507. The number of rotatable bonds is 1. The summed E-state index contributed by atoms with van der Waals surface area (Å²) in [5.41, 5.74) is 3.13. The van der Waals surface area contributed by atoms with Crippen molar-refractivity contribution in [2.24, 2.45) is 7.05 Å². The lowest BCUT2D eigenvalue weighted by atomic mass is 10.2. The number of imidazole rings is 1. The number of halogens is 1. The molecule has 1 N–H and O–H groups in total. The fraction of sp³-hybridized carbons (Fsp3) is 0.389. The molecule has 3 aromatic rings. The van der Waals surface area contributed by atoms with Gasteiger partial charge in [0.15, 0.2) is 5.82 Å². The molecule has 0 aliphatic carbocycles. The average Bonchev–Trinajstić information content (AvgIpc) is 3.17. The number of nitrogens with zero attached hydrogens (tertiary/aromatic N) is 4. The summed E-state index contributed by atoms with van der Waals surface area (Å²) < 4.78 is 8.29. The molecule has 7 nitrogen and oxygen atoms in total. The van der Waals surface area contributed by atoms with Crippen molar-refractivity contribution in [3.05, 3.63) is 34.1 Å². The van der Waals surface area contributed by atoms with Gasteiger partial charge in [-0.3, -0.25) is 9.58 Å². The predicted octanol–water partition coefficient (Wildman–Crippen LogP) is 3.98. The number of fused-ring (bicyclic) bond motifs is 2. The Kier molecular flexibility index (Phi) is 3.83. The van der Waals surface area contributed by atoms with Crippen LogP contribution < -0.4 is 0 Å². The van der Waals surface area contributed by atoms with Crippen LogP contribution in [0.1, 0.15) is 32.2 Å². The molecule has 0 saturated carbocycles. The van der Waals surface area contributed by atoms with Crippen molar-refractivity contribution in [2.75, 3.05) is 0 Å². The van der Waals surface area contributed by atoms with Gasteiger partial charge in [0.1, 0.15) is 11.3 Å². The number of aromatic nitrogens is 4. The average molecular weight is 418 g/mol. The smallest absolute Gasteiger partial charge is 0.410 e. The molecule has 0 unspecified atom stereocenters. The van der Waals surface area contributed by atoms with Gasteiger partial charge in [0, 0.05) is 16.9 Å². The molecule has 0 atom stereocenters. The molecule has 1 aliphatic rings.